The van der Waals surface area contributed by atoms with E-state index in [1.54, 1.807) is 12.5 Å². The number of hydrogen-bond donors (Lipinski definition) is 1. The molecule has 3 aromatic rings. The number of hydrogen-bond acceptors (Lipinski definition) is 6. The van der Waals surface area contributed by atoms with E-state index in [2.05, 4.69) is 20.2 Å². The Bertz CT molecular complexity index is 1030. The number of aromatic nitrogens is 4. The summed E-state index contributed by atoms with van der Waals surface area (Å²) in [6.45, 7) is 4.26. The minimum absolute atomic E-state index is 0.0359. The lowest BCUT2D eigenvalue weighted by atomic mass is 10.1. The maximum atomic E-state index is 13.4. The van der Waals surface area contributed by atoms with Crippen molar-refractivity contribution in [1.82, 2.24) is 25.1 Å². The number of amides is 1. The molecule has 8 heteroatoms. The lowest BCUT2D eigenvalue weighted by molar-refractivity contribution is 0.0767. The summed E-state index contributed by atoms with van der Waals surface area (Å²) in [5.41, 5.74) is 2.35. The molecular weight excluding hydrogens is 382 g/mol. The molecule has 2 aromatic heterocycles. The molecule has 30 heavy (non-hydrogen) atoms. The minimum atomic E-state index is -0.0359. The molecule has 0 saturated heterocycles. The molecule has 0 spiro atoms. The summed E-state index contributed by atoms with van der Waals surface area (Å²) in [4.78, 5) is 22.7. The summed E-state index contributed by atoms with van der Waals surface area (Å²) >= 11 is 0. The van der Waals surface area contributed by atoms with Crippen LogP contribution in [0, 0.1) is 0 Å². The van der Waals surface area contributed by atoms with Gasteiger partial charge >= 0.3 is 0 Å². The van der Waals surface area contributed by atoms with E-state index in [-0.39, 0.29) is 5.91 Å². The topological polar surface area (TPSA) is 93.2 Å². The second-order valence-electron chi connectivity index (χ2n) is 6.99. The predicted molar refractivity (Wildman–Crippen MR) is 112 cm³/mol. The molecule has 4 rings (SSSR count). The van der Waals surface area contributed by atoms with E-state index in [9.17, 15) is 4.79 Å². The van der Waals surface area contributed by atoms with Crippen molar-refractivity contribution >= 4 is 16.8 Å². The molecule has 156 valence electrons. The first-order valence-electron chi connectivity index (χ1n) is 10.2. The monoisotopic (exact) mass is 407 g/mol. The molecule has 1 aromatic carbocycles. The average Bonchev–Trinajstić information content (AvgIpc) is 3.30. The van der Waals surface area contributed by atoms with Gasteiger partial charge in [0.2, 0.25) is 0 Å². The fourth-order valence-electron chi connectivity index (χ4n) is 3.59. The normalized spacial score (nSPS) is 13.8. The fourth-order valence-corrected chi connectivity index (χ4v) is 3.59. The fraction of sp³-hybridized carbons (Fsp3) is 0.364. The zero-order valence-corrected chi connectivity index (χ0v) is 17.0. The van der Waals surface area contributed by atoms with E-state index in [1.807, 2.05) is 42.2 Å². The highest BCUT2D eigenvalue weighted by Crippen LogP contribution is 2.26. The average molecular weight is 407 g/mol. The van der Waals surface area contributed by atoms with Gasteiger partial charge in [-0.25, -0.2) is 0 Å². The van der Waals surface area contributed by atoms with E-state index in [4.69, 9.17) is 9.47 Å². The number of rotatable bonds is 8. The number of aryl methyl sites for hydroxylation is 1. The van der Waals surface area contributed by atoms with Gasteiger partial charge in [-0.2, -0.15) is 0 Å². The highest BCUT2D eigenvalue weighted by atomic mass is 16.5. The number of fused-ring (bicyclic) bond motifs is 1. The Hall–Kier alpha value is -3.26. The van der Waals surface area contributed by atoms with Crippen LogP contribution in [0.1, 0.15) is 35.9 Å². The molecule has 0 unspecified atom stereocenters. The number of carbonyl (C=O) groups excluding carboxylic acids is 1. The van der Waals surface area contributed by atoms with Crippen LogP contribution in [0.25, 0.3) is 10.9 Å². The molecule has 1 aliphatic heterocycles. The molecule has 1 aliphatic rings. The van der Waals surface area contributed by atoms with Gasteiger partial charge < -0.3 is 19.4 Å². The van der Waals surface area contributed by atoms with Crippen molar-refractivity contribution in [2.75, 3.05) is 26.4 Å². The Kier molecular flexibility index (Phi) is 6.34. The number of H-pyrrole nitrogens is 1. The molecular formula is C22H25N5O3. The smallest absolute Gasteiger partial charge is 0.258 e. The molecule has 3 heterocycles. The maximum Gasteiger partial charge on any atom is 0.258 e. The van der Waals surface area contributed by atoms with E-state index in [1.165, 1.54) is 0 Å². The highest BCUT2D eigenvalue weighted by Gasteiger charge is 2.22. The molecule has 8 nitrogen and oxygen atoms in total. The largest absolute Gasteiger partial charge is 0.493 e. The van der Waals surface area contributed by atoms with Crippen LogP contribution in [0.15, 0.2) is 48.6 Å². The molecule has 0 saturated carbocycles. The zero-order valence-electron chi connectivity index (χ0n) is 17.0. The lowest BCUT2D eigenvalue weighted by Gasteiger charge is -2.28. The van der Waals surface area contributed by atoms with Gasteiger partial charge in [-0.3, -0.25) is 9.78 Å². The Balaban J connectivity index is 1.57. The zero-order chi connectivity index (χ0) is 20.8. The third-order valence-corrected chi connectivity index (χ3v) is 5.04. The molecule has 1 N–H and O–H groups in total. The number of benzene rings is 1. The molecule has 0 aliphatic carbocycles. The lowest BCUT2D eigenvalue weighted by Crippen LogP contribution is -2.33. The summed E-state index contributed by atoms with van der Waals surface area (Å²) in [5, 5.41) is 8.73. The number of aromatic amines is 1. The van der Waals surface area contributed by atoms with Crippen molar-refractivity contribution in [2.45, 2.75) is 26.2 Å². The van der Waals surface area contributed by atoms with Gasteiger partial charge in [0.15, 0.2) is 0 Å². The highest BCUT2D eigenvalue weighted by molar-refractivity contribution is 5.99. The second-order valence-corrected chi connectivity index (χ2v) is 6.99. The third kappa shape index (κ3) is 4.49. The molecule has 1 amide bonds. The van der Waals surface area contributed by atoms with Gasteiger partial charge in [-0.15, -0.1) is 10.2 Å². The number of pyridine rings is 1. The quantitative estimate of drug-likeness (QED) is 0.617. The number of ether oxygens (including phenoxy) is 2. The van der Waals surface area contributed by atoms with Crippen molar-refractivity contribution < 1.29 is 14.3 Å². The van der Waals surface area contributed by atoms with Crippen molar-refractivity contribution in [3.05, 3.63) is 60.0 Å². The summed E-state index contributed by atoms with van der Waals surface area (Å²) in [7, 11) is 0. The van der Waals surface area contributed by atoms with Gasteiger partial charge in [-0.05, 0) is 43.7 Å². The van der Waals surface area contributed by atoms with Gasteiger partial charge in [0.05, 0.1) is 25.3 Å². The Morgan fingerprint density at radius 3 is 3.03 bits per heavy atom. The first-order valence-corrected chi connectivity index (χ1v) is 10.2. The second kappa shape index (κ2) is 9.49. The van der Waals surface area contributed by atoms with Crippen LogP contribution in [-0.4, -0.2) is 57.3 Å². The summed E-state index contributed by atoms with van der Waals surface area (Å²) in [6.07, 6.45) is 7.48. The maximum absolute atomic E-state index is 13.4. The van der Waals surface area contributed by atoms with Gasteiger partial charge in [-0.1, -0.05) is 0 Å². The van der Waals surface area contributed by atoms with Crippen molar-refractivity contribution in [3.63, 3.8) is 0 Å². The van der Waals surface area contributed by atoms with Gasteiger partial charge in [0, 0.05) is 42.2 Å². The van der Waals surface area contributed by atoms with Crippen molar-refractivity contribution in [2.24, 2.45) is 0 Å². The van der Waals surface area contributed by atoms with Crippen LogP contribution >= 0.6 is 0 Å². The van der Waals surface area contributed by atoms with Crippen molar-refractivity contribution in [3.8, 4) is 5.75 Å². The Labute approximate surface area is 174 Å². The van der Waals surface area contributed by atoms with Gasteiger partial charge in [0.25, 0.3) is 5.91 Å². The van der Waals surface area contributed by atoms with Crippen LogP contribution in [0.2, 0.25) is 0 Å². The summed E-state index contributed by atoms with van der Waals surface area (Å²) < 4.78 is 11.1. The van der Waals surface area contributed by atoms with Crippen LogP contribution in [0.5, 0.6) is 5.75 Å². The summed E-state index contributed by atoms with van der Waals surface area (Å²) in [5.74, 6) is 1.56. The van der Waals surface area contributed by atoms with Crippen LogP contribution in [0.4, 0.5) is 0 Å². The van der Waals surface area contributed by atoms with Gasteiger partial charge in [0.1, 0.15) is 17.9 Å². The SMILES string of the molecule is CCOc1ccnc2cc(C(=O)N(CCCc3nnc[nH]3)C3=CCOCC3)ccc12. The Morgan fingerprint density at radius 1 is 1.33 bits per heavy atom. The number of nitrogens with one attached hydrogen (secondary N) is 1. The standard InChI is InChI=1S/C22H25N5O3/c1-2-30-20-7-10-23-19-14-16(5-6-18(19)20)22(28)27(17-8-12-29-13-9-17)11-3-4-21-24-15-25-26-21/h5-8,10,14-15H,2-4,9,11-13H2,1H3,(H,24,25,26). The van der Waals surface area contributed by atoms with Crippen LogP contribution < -0.4 is 4.74 Å². The van der Waals surface area contributed by atoms with Crippen LogP contribution in [-0.2, 0) is 11.2 Å². The molecule has 0 fully saturated rings. The van der Waals surface area contributed by atoms with E-state index < -0.39 is 0 Å². The van der Waals surface area contributed by atoms with Crippen LogP contribution in [0.3, 0.4) is 0 Å². The molecule has 0 radical (unpaired) electrons. The first kappa shape index (κ1) is 20.0. The molecule has 0 bridgehead atoms. The minimum Gasteiger partial charge on any atom is -0.493 e. The number of carbonyl (C=O) groups is 1. The van der Waals surface area contributed by atoms with E-state index >= 15 is 0 Å². The predicted octanol–water partition coefficient (Wildman–Crippen LogP) is 3.13. The number of nitrogens with zero attached hydrogens (tertiary/aromatic N) is 4. The van der Waals surface area contributed by atoms with E-state index in [0.717, 1.165) is 41.0 Å². The van der Waals surface area contributed by atoms with Crippen molar-refractivity contribution in [1.29, 1.82) is 0 Å². The van der Waals surface area contributed by atoms with E-state index in [0.29, 0.717) is 38.3 Å². The Morgan fingerprint density at radius 2 is 2.27 bits per heavy atom. The summed E-state index contributed by atoms with van der Waals surface area (Å²) in [6, 6.07) is 7.43. The first-order chi connectivity index (χ1) is 14.8. The molecule has 0 atom stereocenters. The third-order valence-electron chi connectivity index (χ3n) is 5.04.